The molecule has 2 aromatic rings. The largest absolute Gasteiger partial charge is 0.490 e. The molecular weight excluding hydrogens is 422 g/mol. The molecule has 0 bridgehead atoms. The van der Waals surface area contributed by atoms with Gasteiger partial charge in [0.1, 0.15) is 0 Å². The average molecular weight is 443 g/mol. The number of ether oxygens (including phenoxy) is 1. The SMILES string of the molecule is Cc1cn(C2=CN3CCN(C[C@@]45C[C@@H]4COc4c5cc(Cl)c(F)c4F)C=C3C=C2)cn1. The fourth-order valence-corrected chi connectivity index (χ4v) is 5.22. The maximum atomic E-state index is 14.4. The molecule has 0 amide bonds. The van der Waals surface area contributed by atoms with Crippen LogP contribution in [-0.4, -0.2) is 45.6 Å². The molecule has 1 saturated carbocycles. The quantitative estimate of drug-likeness (QED) is 0.664. The van der Waals surface area contributed by atoms with Gasteiger partial charge in [0.05, 0.1) is 35.0 Å². The molecule has 160 valence electrons. The molecule has 0 saturated heterocycles. The highest BCUT2D eigenvalue weighted by atomic mass is 35.5. The fraction of sp³-hybridized carbons (Fsp3) is 0.348. The lowest BCUT2D eigenvalue weighted by atomic mass is 9.89. The second-order valence-electron chi connectivity index (χ2n) is 8.76. The summed E-state index contributed by atoms with van der Waals surface area (Å²) in [6.45, 7) is 4.80. The van der Waals surface area contributed by atoms with Crippen molar-refractivity contribution in [3.05, 3.63) is 76.8 Å². The van der Waals surface area contributed by atoms with Gasteiger partial charge in [-0.2, -0.15) is 4.39 Å². The molecule has 1 aromatic carbocycles. The van der Waals surface area contributed by atoms with Gasteiger partial charge in [-0.15, -0.1) is 0 Å². The molecular formula is C23H21ClF2N4O. The van der Waals surface area contributed by atoms with E-state index < -0.39 is 11.6 Å². The Balaban J connectivity index is 1.26. The Morgan fingerprint density at radius 3 is 2.84 bits per heavy atom. The normalized spacial score (nSPS) is 25.9. The highest BCUT2D eigenvalue weighted by molar-refractivity contribution is 6.30. The van der Waals surface area contributed by atoms with Crippen LogP contribution in [0.1, 0.15) is 17.7 Å². The number of benzene rings is 1. The minimum atomic E-state index is -1.03. The summed E-state index contributed by atoms with van der Waals surface area (Å²) in [6.07, 6.45) is 13.2. The smallest absolute Gasteiger partial charge is 0.202 e. The third-order valence-electron chi connectivity index (χ3n) is 6.80. The maximum absolute atomic E-state index is 14.4. The number of aromatic nitrogens is 2. The Labute approximate surface area is 183 Å². The lowest BCUT2D eigenvalue weighted by molar-refractivity contribution is 0.211. The summed E-state index contributed by atoms with van der Waals surface area (Å²) < 4.78 is 36.0. The number of fused-ring (bicyclic) bond motifs is 4. The van der Waals surface area contributed by atoms with E-state index in [0.717, 1.165) is 43.1 Å². The number of aryl methyl sites for hydroxylation is 1. The molecule has 4 heterocycles. The highest BCUT2D eigenvalue weighted by Gasteiger charge is 2.60. The summed E-state index contributed by atoms with van der Waals surface area (Å²) in [7, 11) is 0. The van der Waals surface area contributed by atoms with Crippen LogP contribution in [0.3, 0.4) is 0 Å². The van der Waals surface area contributed by atoms with Crippen molar-refractivity contribution in [1.82, 2.24) is 19.4 Å². The molecule has 5 nitrogen and oxygen atoms in total. The average Bonchev–Trinajstić information content (AvgIpc) is 3.32. The van der Waals surface area contributed by atoms with Crippen LogP contribution in [0.2, 0.25) is 5.02 Å². The first kappa shape index (κ1) is 18.9. The monoisotopic (exact) mass is 442 g/mol. The third-order valence-corrected chi connectivity index (χ3v) is 7.07. The van der Waals surface area contributed by atoms with E-state index in [4.69, 9.17) is 16.3 Å². The summed E-state index contributed by atoms with van der Waals surface area (Å²) in [4.78, 5) is 8.81. The highest BCUT2D eigenvalue weighted by Crippen LogP contribution is 2.61. The van der Waals surface area contributed by atoms with Crippen LogP contribution in [0.15, 0.2) is 48.8 Å². The summed E-state index contributed by atoms with van der Waals surface area (Å²) in [5.74, 6) is -1.68. The Hall–Kier alpha value is -2.80. The fourth-order valence-electron chi connectivity index (χ4n) is 5.03. The lowest BCUT2D eigenvalue weighted by Gasteiger charge is -2.38. The van der Waals surface area contributed by atoms with Crippen LogP contribution >= 0.6 is 11.6 Å². The molecule has 31 heavy (non-hydrogen) atoms. The van der Waals surface area contributed by atoms with E-state index in [9.17, 15) is 8.78 Å². The Kier molecular flexibility index (Phi) is 4.03. The van der Waals surface area contributed by atoms with E-state index in [1.807, 2.05) is 24.0 Å². The van der Waals surface area contributed by atoms with E-state index >= 15 is 0 Å². The zero-order valence-electron chi connectivity index (χ0n) is 17.0. The molecule has 3 aliphatic heterocycles. The first-order valence-corrected chi connectivity index (χ1v) is 10.8. The summed E-state index contributed by atoms with van der Waals surface area (Å²) in [6, 6.07) is 1.56. The summed E-state index contributed by atoms with van der Waals surface area (Å²) in [5, 5.41) is -0.183. The van der Waals surface area contributed by atoms with E-state index in [1.165, 1.54) is 0 Å². The van der Waals surface area contributed by atoms with Gasteiger partial charge >= 0.3 is 0 Å². The van der Waals surface area contributed by atoms with Crippen molar-refractivity contribution < 1.29 is 13.5 Å². The molecule has 6 rings (SSSR count). The second kappa shape index (κ2) is 6.60. The van der Waals surface area contributed by atoms with Crippen molar-refractivity contribution in [1.29, 1.82) is 0 Å². The number of nitrogens with zero attached hydrogens (tertiary/aromatic N) is 4. The molecule has 1 aromatic heterocycles. The predicted octanol–water partition coefficient (Wildman–Crippen LogP) is 4.30. The molecule has 4 aliphatic rings. The first-order valence-electron chi connectivity index (χ1n) is 10.4. The Morgan fingerprint density at radius 2 is 2.03 bits per heavy atom. The number of allylic oxidation sites excluding steroid dienone is 3. The molecule has 0 unspecified atom stereocenters. The van der Waals surface area contributed by atoms with Gasteiger partial charge in [0.15, 0.2) is 11.6 Å². The van der Waals surface area contributed by atoms with Gasteiger partial charge in [0.2, 0.25) is 5.82 Å². The van der Waals surface area contributed by atoms with Crippen molar-refractivity contribution in [3.8, 4) is 5.75 Å². The standard InChI is InChI=1S/C23H21ClF2N4O/c1-14-8-30(13-27-14)17-3-2-16-9-28(4-5-29(16)10-17)12-23-7-15(23)11-31-22-18(23)6-19(24)20(25)21(22)26/h2-3,6,8-10,13,15H,4-5,7,11-12H2,1H3/t15-,23+/m1/s1. The Morgan fingerprint density at radius 1 is 1.19 bits per heavy atom. The van der Waals surface area contributed by atoms with Crippen molar-refractivity contribution in [2.75, 3.05) is 26.2 Å². The molecule has 0 spiro atoms. The zero-order valence-corrected chi connectivity index (χ0v) is 17.7. The number of hydrogen-bond donors (Lipinski definition) is 0. The lowest BCUT2D eigenvalue weighted by Crippen LogP contribution is -2.41. The van der Waals surface area contributed by atoms with E-state index in [1.54, 1.807) is 6.07 Å². The number of hydrogen-bond acceptors (Lipinski definition) is 4. The minimum absolute atomic E-state index is 0.0303. The van der Waals surface area contributed by atoms with Crippen LogP contribution in [0.5, 0.6) is 5.75 Å². The van der Waals surface area contributed by atoms with E-state index in [2.05, 4.69) is 39.3 Å². The van der Waals surface area contributed by atoms with Crippen LogP contribution in [0.25, 0.3) is 5.70 Å². The number of imidazole rings is 1. The van der Waals surface area contributed by atoms with Crippen molar-refractivity contribution in [3.63, 3.8) is 0 Å². The van der Waals surface area contributed by atoms with Crippen molar-refractivity contribution >= 4 is 17.3 Å². The molecule has 1 aliphatic carbocycles. The van der Waals surface area contributed by atoms with Gasteiger partial charge < -0.3 is 19.1 Å². The van der Waals surface area contributed by atoms with Gasteiger partial charge in [0.25, 0.3) is 0 Å². The van der Waals surface area contributed by atoms with Gasteiger partial charge in [0, 0.05) is 55.1 Å². The maximum Gasteiger partial charge on any atom is 0.202 e. The van der Waals surface area contributed by atoms with Gasteiger partial charge in [-0.05, 0) is 31.6 Å². The van der Waals surface area contributed by atoms with Crippen LogP contribution in [-0.2, 0) is 5.41 Å². The van der Waals surface area contributed by atoms with Gasteiger partial charge in [-0.25, -0.2) is 9.37 Å². The van der Waals surface area contributed by atoms with E-state index in [-0.39, 0.29) is 16.2 Å². The van der Waals surface area contributed by atoms with Crippen LogP contribution in [0, 0.1) is 24.5 Å². The molecule has 2 atom stereocenters. The van der Waals surface area contributed by atoms with Crippen LogP contribution < -0.4 is 4.74 Å². The first-order chi connectivity index (χ1) is 14.9. The molecule has 0 radical (unpaired) electrons. The van der Waals surface area contributed by atoms with Crippen molar-refractivity contribution in [2.45, 2.75) is 18.8 Å². The second-order valence-corrected chi connectivity index (χ2v) is 9.17. The summed E-state index contributed by atoms with van der Waals surface area (Å²) >= 11 is 5.97. The predicted molar refractivity (Wildman–Crippen MR) is 113 cm³/mol. The molecule has 8 heteroatoms. The van der Waals surface area contributed by atoms with E-state index in [0.29, 0.717) is 18.1 Å². The molecule has 1 fully saturated rings. The number of rotatable bonds is 3. The summed E-state index contributed by atoms with van der Waals surface area (Å²) in [5.41, 5.74) is 3.62. The number of halogens is 3. The Bertz CT molecular complexity index is 1190. The van der Waals surface area contributed by atoms with Gasteiger partial charge in [-0.3, -0.25) is 0 Å². The van der Waals surface area contributed by atoms with Crippen LogP contribution in [0.4, 0.5) is 8.78 Å². The topological polar surface area (TPSA) is 33.5 Å². The third kappa shape index (κ3) is 2.90. The van der Waals surface area contributed by atoms with Gasteiger partial charge in [-0.1, -0.05) is 11.6 Å². The minimum Gasteiger partial charge on any atom is -0.490 e. The zero-order chi connectivity index (χ0) is 21.3. The molecule has 0 N–H and O–H groups in total. The van der Waals surface area contributed by atoms with Crippen molar-refractivity contribution in [2.24, 2.45) is 5.92 Å².